The van der Waals surface area contributed by atoms with Gasteiger partial charge in [0.1, 0.15) is 0 Å². The zero-order valence-electron chi connectivity index (χ0n) is 14.0. The van der Waals surface area contributed by atoms with Crippen molar-refractivity contribution in [3.05, 3.63) is 0 Å². The second-order valence-electron chi connectivity index (χ2n) is 6.28. The quantitative estimate of drug-likeness (QED) is 0.494. The van der Waals surface area contributed by atoms with Crippen LogP contribution in [0.1, 0.15) is 13.3 Å². The number of carbonyl (C=O) groups excluding carboxylic acids is 1. The Balaban J connectivity index is 3.82. The molecule has 120 valence electrons. The van der Waals surface area contributed by atoms with E-state index in [1.54, 1.807) is 14.2 Å². The van der Waals surface area contributed by atoms with Crippen LogP contribution in [0, 0.1) is 5.92 Å². The van der Waals surface area contributed by atoms with Gasteiger partial charge in [0.2, 0.25) is 8.32 Å². The maximum Gasteiger partial charge on any atom is 0.334 e. The predicted octanol–water partition coefficient (Wildman–Crippen LogP) is 2.35. The fraction of sp³-hybridized carbons (Fsp3) is 0.923. The normalized spacial score (nSPS) is 14.2. The van der Waals surface area contributed by atoms with Gasteiger partial charge in [0, 0.05) is 20.8 Å². The van der Waals surface area contributed by atoms with Crippen LogP contribution in [0.15, 0.2) is 0 Å². The summed E-state index contributed by atoms with van der Waals surface area (Å²) in [6.07, 6.45) is 0.986. The molecule has 0 aliphatic heterocycles. The third-order valence-electron chi connectivity index (χ3n) is 3.11. The minimum absolute atomic E-state index is 0.0929. The van der Waals surface area contributed by atoms with E-state index >= 15 is 0 Å². The van der Waals surface area contributed by atoms with Gasteiger partial charge in [-0.1, -0.05) is 6.92 Å². The zero-order valence-corrected chi connectivity index (χ0v) is 16.0. The average molecular weight is 322 g/mol. The van der Waals surface area contributed by atoms with Gasteiger partial charge in [-0.25, -0.2) is 0 Å². The highest BCUT2D eigenvalue weighted by molar-refractivity contribution is 6.71. The van der Waals surface area contributed by atoms with E-state index in [-0.39, 0.29) is 11.9 Å². The molecule has 0 bridgehead atoms. The van der Waals surface area contributed by atoms with E-state index in [0.717, 1.165) is 19.0 Å². The highest BCUT2D eigenvalue weighted by Crippen LogP contribution is 2.13. The van der Waals surface area contributed by atoms with Crippen molar-refractivity contribution < 1.29 is 18.1 Å². The Bertz CT molecular complexity index is 291. The molecular formula is C13H31NO4Si2. The third kappa shape index (κ3) is 8.86. The average Bonchev–Trinajstić information content (AvgIpc) is 2.35. The lowest BCUT2D eigenvalue weighted by Gasteiger charge is -2.23. The Kier molecular flexibility index (Phi) is 8.84. The van der Waals surface area contributed by atoms with Gasteiger partial charge in [0.25, 0.3) is 5.97 Å². The van der Waals surface area contributed by atoms with Crippen LogP contribution >= 0.6 is 0 Å². The number of hydrogen-bond donors (Lipinski definition) is 1. The van der Waals surface area contributed by atoms with Crippen LogP contribution in [0.4, 0.5) is 0 Å². The van der Waals surface area contributed by atoms with E-state index in [0.29, 0.717) is 6.54 Å². The van der Waals surface area contributed by atoms with E-state index in [2.05, 4.69) is 11.9 Å². The third-order valence-corrected chi connectivity index (χ3v) is 6.91. The first-order valence-corrected chi connectivity index (χ1v) is 13.1. The van der Waals surface area contributed by atoms with E-state index in [4.69, 9.17) is 13.3 Å². The van der Waals surface area contributed by atoms with Crippen molar-refractivity contribution in [2.24, 2.45) is 5.92 Å². The molecule has 0 saturated carbocycles. The Morgan fingerprint density at radius 3 is 2.15 bits per heavy atom. The van der Waals surface area contributed by atoms with Gasteiger partial charge >= 0.3 is 8.56 Å². The summed E-state index contributed by atoms with van der Waals surface area (Å²) in [6, 6.07) is 0.945. The first kappa shape index (κ1) is 19.8. The summed E-state index contributed by atoms with van der Waals surface area (Å²) in [7, 11) is -0.319. The van der Waals surface area contributed by atoms with Crippen molar-refractivity contribution >= 4 is 22.8 Å². The molecule has 0 aromatic rings. The lowest BCUT2D eigenvalue weighted by atomic mass is 10.2. The van der Waals surface area contributed by atoms with E-state index in [1.807, 2.05) is 26.6 Å². The van der Waals surface area contributed by atoms with E-state index in [1.165, 1.54) is 0 Å². The molecular weight excluding hydrogens is 290 g/mol. The molecule has 0 heterocycles. The maximum atomic E-state index is 11.8. The fourth-order valence-electron chi connectivity index (χ4n) is 1.63. The standard InChI is InChI=1S/C13H31NO4Si2/c1-12(13(15)18-19(4,5)6)11-14-9-8-10-20(7,16-2)17-3/h12,14H,8-11H2,1-7H3. The van der Waals surface area contributed by atoms with Gasteiger partial charge in [0.05, 0.1) is 5.92 Å². The molecule has 0 rings (SSSR count). The van der Waals surface area contributed by atoms with Gasteiger partial charge in [-0.3, -0.25) is 4.79 Å². The van der Waals surface area contributed by atoms with Gasteiger partial charge in [-0.05, 0) is 45.2 Å². The van der Waals surface area contributed by atoms with Crippen LogP contribution in [0.2, 0.25) is 32.2 Å². The molecule has 0 aromatic heterocycles. The van der Waals surface area contributed by atoms with Crippen LogP contribution in [-0.2, 0) is 18.1 Å². The highest BCUT2D eigenvalue weighted by atomic mass is 28.4. The Hall–Kier alpha value is -0.216. The van der Waals surface area contributed by atoms with Crippen molar-refractivity contribution in [3.8, 4) is 0 Å². The lowest BCUT2D eigenvalue weighted by Crippen LogP contribution is -2.38. The van der Waals surface area contributed by atoms with Crippen LogP contribution in [-0.4, -0.2) is 50.2 Å². The fourth-order valence-corrected chi connectivity index (χ4v) is 3.82. The Morgan fingerprint density at radius 1 is 1.15 bits per heavy atom. The molecule has 1 atom stereocenters. The van der Waals surface area contributed by atoms with Gasteiger partial charge in [-0.2, -0.15) is 0 Å². The minimum atomic E-state index is -1.95. The Labute approximate surface area is 125 Å². The van der Waals surface area contributed by atoms with Crippen LogP contribution in [0.5, 0.6) is 0 Å². The zero-order chi connectivity index (χ0) is 15.8. The van der Waals surface area contributed by atoms with Crippen LogP contribution in [0.3, 0.4) is 0 Å². The second kappa shape index (κ2) is 8.94. The first-order chi connectivity index (χ1) is 9.13. The molecule has 5 nitrogen and oxygen atoms in total. The number of carbonyl (C=O) groups is 1. The molecule has 0 spiro atoms. The van der Waals surface area contributed by atoms with Gasteiger partial charge in [-0.15, -0.1) is 0 Å². The van der Waals surface area contributed by atoms with Crippen LogP contribution in [0.25, 0.3) is 0 Å². The van der Waals surface area contributed by atoms with Crippen molar-refractivity contribution in [2.75, 3.05) is 27.3 Å². The second-order valence-corrected chi connectivity index (χ2v) is 14.3. The molecule has 7 heteroatoms. The van der Waals surface area contributed by atoms with Crippen molar-refractivity contribution in [3.63, 3.8) is 0 Å². The van der Waals surface area contributed by atoms with E-state index < -0.39 is 16.9 Å². The summed E-state index contributed by atoms with van der Waals surface area (Å²) >= 11 is 0. The molecule has 20 heavy (non-hydrogen) atoms. The number of rotatable bonds is 10. The molecule has 0 fully saturated rings. The monoisotopic (exact) mass is 321 g/mol. The highest BCUT2D eigenvalue weighted by Gasteiger charge is 2.27. The molecule has 1 unspecified atom stereocenters. The van der Waals surface area contributed by atoms with Gasteiger partial charge < -0.3 is 18.6 Å². The predicted molar refractivity (Wildman–Crippen MR) is 86.5 cm³/mol. The largest absolute Gasteiger partial charge is 0.520 e. The van der Waals surface area contributed by atoms with Gasteiger partial charge in [0.15, 0.2) is 0 Å². The summed E-state index contributed by atoms with van der Waals surface area (Å²) < 4.78 is 16.3. The van der Waals surface area contributed by atoms with E-state index in [9.17, 15) is 4.79 Å². The topological polar surface area (TPSA) is 56.8 Å². The summed E-state index contributed by atoms with van der Waals surface area (Å²) in [4.78, 5) is 11.8. The molecule has 1 N–H and O–H groups in total. The summed E-state index contributed by atoms with van der Waals surface area (Å²) in [5.74, 6) is -0.195. The molecule has 0 amide bonds. The van der Waals surface area contributed by atoms with Crippen molar-refractivity contribution in [1.82, 2.24) is 5.32 Å². The van der Waals surface area contributed by atoms with Crippen molar-refractivity contribution in [2.45, 2.75) is 45.6 Å². The van der Waals surface area contributed by atoms with Crippen LogP contribution < -0.4 is 5.32 Å². The molecule has 0 aliphatic rings. The molecule has 0 aromatic carbocycles. The minimum Gasteiger partial charge on any atom is -0.520 e. The summed E-state index contributed by atoms with van der Waals surface area (Å²) in [5.41, 5.74) is 0. The summed E-state index contributed by atoms with van der Waals surface area (Å²) in [6.45, 7) is 11.5. The number of nitrogens with one attached hydrogen (secondary N) is 1. The summed E-state index contributed by atoms with van der Waals surface area (Å²) in [5, 5.41) is 3.30. The first-order valence-electron chi connectivity index (χ1n) is 7.17. The molecule has 0 saturated heterocycles. The molecule has 0 aliphatic carbocycles. The lowest BCUT2D eigenvalue weighted by molar-refractivity contribution is -0.138. The maximum absolute atomic E-state index is 11.8. The number of hydrogen-bond acceptors (Lipinski definition) is 5. The smallest absolute Gasteiger partial charge is 0.334 e. The SMILES string of the molecule is CO[Si](C)(CCCNCC(C)C(=O)O[Si](C)(C)C)OC. The molecule has 0 radical (unpaired) electrons. The Morgan fingerprint density at radius 2 is 1.70 bits per heavy atom. The van der Waals surface area contributed by atoms with Crippen molar-refractivity contribution in [1.29, 1.82) is 0 Å².